The minimum Gasteiger partial charge on any atom is -0.337 e. The molecule has 3 heterocycles. The minimum absolute atomic E-state index is 0.127. The zero-order valence-electron chi connectivity index (χ0n) is 12.5. The number of aromatic nitrogens is 2. The van der Waals surface area contributed by atoms with Crippen LogP contribution < -0.4 is 10.6 Å². The third-order valence-corrected chi connectivity index (χ3v) is 6.01. The molecule has 0 aliphatic carbocycles. The number of hydrogen-bond acceptors (Lipinski definition) is 7. The van der Waals surface area contributed by atoms with Crippen molar-refractivity contribution in [3.63, 3.8) is 0 Å². The van der Waals surface area contributed by atoms with Crippen LogP contribution in [-0.2, 0) is 11.2 Å². The van der Waals surface area contributed by atoms with Crippen LogP contribution in [0, 0.1) is 0 Å². The zero-order valence-corrected chi connectivity index (χ0v) is 15.0. The maximum absolute atomic E-state index is 11.9. The molecular formula is C15H14N4O2S3. The first-order valence-electron chi connectivity index (χ1n) is 7.13. The molecule has 0 fully saturated rings. The number of fused-ring (bicyclic) bond motifs is 1. The summed E-state index contributed by atoms with van der Waals surface area (Å²) in [5, 5.41) is 9.69. The Balaban J connectivity index is 1.42. The van der Waals surface area contributed by atoms with Gasteiger partial charge in [-0.25, -0.2) is 14.8 Å². The van der Waals surface area contributed by atoms with E-state index in [1.807, 2.05) is 29.0 Å². The number of thioether (sulfide) groups is 1. The van der Waals surface area contributed by atoms with Crippen LogP contribution in [0.3, 0.4) is 0 Å². The van der Waals surface area contributed by atoms with Gasteiger partial charge in [-0.15, -0.1) is 22.7 Å². The SMILES string of the molecule is O=C(CSc1ncnc2ccsc12)NC(=O)NCCc1cccs1. The second-order valence-corrected chi connectivity index (χ2v) is 7.65. The largest absolute Gasteiger partial charge is 0.337 e. The molecule has 2 N–H and O–H groups in total. The summed E-state index contributed by atoms with van der Waals surface area (Å²) < 4.78 is 0.954. The highest BCUT2D eigenvalue weighted by Crippen LogP contribution is 2.28. The van der Waals surface area contributed by atoms with Crippen LogP contribution in [0.15, 0.2) is 40.3 Å². The van der Waals surface area contributed by atoms with Gasteiger partial charge in [0.05, 0.1) is 16.0 Å². The van der Waals surface area contributed by atoms with E-state index in [9.17, 15) is 9.59 Å². The molecule has 124 valence electrons. The molecule has 3 amide bonds. The summed E-state index contributed by atoms with van der Waals surface area (Å²) in [5.41, 5.74) is 0.865. The van der Waals surface area contributed by atoms with Gasteiger partial charge in [0.15, 0.2) is 0 Å². The van der Waals surface area contributed by atoms with Crippen molar-refractivity contribution in [1.29, 1.82) is 0 Å². The van der Waals surface area contributed by atoms with Gasteiger partial charge < -0.3 is 5.32 Å². The third-order valence-electron chi connectivity index (χ3n) is 3.04. The number of rotatable bonds is 6. The van der Waals surface area contributed by atoms with E-state index in [2.05, 4.69) is 20.6 Å². The summed E-state index contributed by atoms with van der Waals surface area (Å²) in [5.74, 6) is -0.223. The quantitative estimate of drug-likeness (QED) is 0.509. The number of hydrogen-bond donors (Lipinski definition) is 2. The summed E-state index contributed by atoms with van der Waals surface area (Å²) in [7, 11) is 0. The Kier molecular flexibility index (Phi) is 5.78. The summed E-state index contributed by atoms with van der Waals surface area (Å²) in [6.07, 6.45) is 2.23. The molecule has 0 aliphatic rings. The van der Waals surface area contributed by atoms with Crippen LogP contribution in [0.25, 0.3) is 10.2 Å². The average molecular weight is 379 g/mol. The van der Waals surface area contributed by atoms with Gasteiger partial charge in [-0.05, 0) is 29.3 Å². The van der Waals surface area contributed by atoms with Crippen molar-refractivity contribution in [3.8, 4) is 0 Å². The van der Waals surface area contributed by atoms with Gasteiger partial charge in [-0.3, -0.25) is 10.1 Å². The molecule has 3 aromatic heterocycles. The van der Waals surface area contributed by atoms with Crippen LogP contribution in [-0.4, -0.2) is 34.2 Å². The van der Waals surface area contributed by atoms with Gasteiger partial charge in [0.25, 0.3) is 0 Å². The number of nitrogens with zero attached hydrogens (tertiary/aromatic N) is 2. The molecule has 0 atom stereocenters. The highest BCUT2D eigenvalue weighted by molar-refractivity contribution is 8.00. The van der Waals surface area contributed by atoms with Gasteiger partial charge in [0.1, 0.15) is 11.4 Å². The average Bonchev–Trinajstić information content (AvgIpc) is 3.24. The summed E-state index contributed by atoms with van der Waals surface area (Å²) in [6, 6.07) is 5.42. The van der Waals surface area contributed by atoms with Crippen LogP contribution in [0.4, 0.5) is 4.79 Å². The van der Waals surface area contributed by atoms with Crippen LogP contribution in [0.1, 0.15) is 4.88 Å². The first-order chi connectivity index (χ1) is 11.7. The molecule has 24 heavy (non-hydrogen) atoms. The van der Waals surface area contributed by atoms with E-state index in [-0.39, 0.29) is 11.7 Å². The fourth-order valence-corrected chi connectivity index (χ4v) is 4.42. The van der Waals surface area contributed by atoms with E-state index in [0.717, 1.165) is 21.7 Å². The van der Waals surface area contributed by atoms with Gasteiger partial charge in [0, 0.05) is 11.4 Å². The third kappa shape index (κ3) is 4.53. The molecule has 0 saturated heterocycles. The Morgan fingerprint density at radius 3 is 2.92 bits per heavy atom. The Hall–Kier alpha value is -1.97. The molecule has 0 bridgehead atoms. The van der Waals surface area contributed by atoms with E-state index in [1.54, 1.807) is 11.3 Å². The Labute approximate surface area is 150 Å². The highest BCUT2D eigenvalue weighted by atomic mass is 32.2. The maximum atomic E-state index is 11.9. The number of carbonyl (C=O) groups excluding carboxylic acids is 2. The van der Waals surface area contributed by atoms with Gasteiger partial charge in [0.2, 0.25) is 5.91 Å². The molecule has 3 aromatic rings. The highest BCUT2D eigenvalue weighted by Gasteiger charge is 2.11. The molecular weight excluding hydrogens is 364 g/mol. The minimum atomic E-state index is -0.471. The van der Waals surface area contributed by atoms with Crippen molar-refractivity contribution >= 4 is 56.6 Å². The molecule has 3 rings (SSSR count). The maximum Gasteiger partial charge on any atom is 0.321 e. The Morgan fingerprint density at radius 1 is 1.17 bits per heavy atom. The van der Waals surface area contributed by atoms with Crippen molar-refractivity contribution in [2.45, 2.75) is 11.4 Å². The predicted octanol–water partition coefficient (Wildman–Crippen LogP) is 2.91. The van der Waals surface area contributed by atoms with E-state index in [0.29, 0.717) is 6.54 Å². The number of nitrogens with one attached hydrogen (secondary N) is 2. The molecule has 0 radical (unpaired) electrons. The second kappa shape index (κ2) is 8.22. The van der Waals surface area contributed by atoms with Gasteiger partial charge in [-0.2, -0.15) is 0 Å². The lowest BCUT2D eigenvalue weighted by Gasteiger charge is -2.06. The summed E-state index contributed by atoms with van der Waals surface area (Å²) in [6.45, 7) is 0.495. The second-order valence-electron chi connectivity index (χ2n) is 4.74. The lowest BCUT2D eigenvalue weighted by molar-refractivity contribution is -0.117. The normalized spacial score (nSPS) is 10.7. The molecule has 0 aromatic carbocycles. The van der Waals surface area contributed by atoms with Crippen molar-refractivity contribution in [2.75, 3.05) is 12.3 Å². The first kappa shape index (κ1) is 16.9. The topological polar surface area (TPSA) is 84.0 Å². The monoisotopic (exact) mass is 378 g/mol. The van der Waals surface area contributed by atoms with Crippen LogP contribution >= 0.6 is 34.4 Å². The smallest absolute Gasteiger partial charge is 0.321 e. The van der Waals surface area contributed by atoms with E-state index in [1.165, 1.54) is 34.3 Å². The van der Waals surface area contributed by atoms with Crippen molar-refractivity contribution in [2.24, 2.45) is 0 Å². The Bertz CT molecular complexity index is 832. The summed E-state index contributed by atoms with van der Waals surface area (Å²) >= 11 is 4.47. The number of imide groups is 1. The first-order valence-corrected chi connectivity index (χ1v) is 9.88. The molecule has 0 spiro atoms. The fraction of sp³-hybridized carbons (Fsp3) is 0.200. The number of carbonyl (C=O) groups is 2. The molecule has 6 nitrogen and oxygen atoms in total. The zero-order chi connectivity index (χ0) is 16.8. The van der Waals surface area contributed by atoms with E-state index < -0.39 is 6.03 Å². The molecule has 0 saturated carbocycles. The lowest BCUT2D eigenvalue weighted by atomic mass is 10.3. The van der Waals surface area contributed by atoms with Crippen LogP contribution in [0.5, 0.6) is 0 Å². The van der Waals surface area contributed by atoms with Crippen LogP contribution in [0.2, 0.25) is 0 Å². The van der Waals surface area contributed by atoms with E-state index >= 15 is 0 Å². The number of thiophene rings is 2. The predicted molar refractivity (Wildman–Crippen MR) is 97.7 cm³/mol. The fourth-order valence-electron chi connectivity index (χ4n) is 1.96. The van der Waals surface area contributed by atoms with Gasteiger partial charge >= 0.3 is 6.03 Å². The lowest BCUT2D eigenvalue weighted by Crippen LogP contribution is -2.41. The molecule has 9 heteroatoms. The molecule has 0 unspecified atom stereocenters. The van der Waals surface area contributed by atoms with Crippen molar-refractivity contribution in [1.82, 2.24) is 20.6 Å². The number of amides is 3. The van der Waals surface area contributed by atoms with Crippen molar-refractivity contribution < 1.29 is 9.59 Å². The molecule has 0 aliphatic heterocycles. The standard InChI is InChI=1S/C15H14N4O2S3/c20-12(19-15(21)16-5-3-10-2-1-6-22-10)8-24-14-13-11(4-7-23-13)17-9-18-14/h1-2,4,6-7,9H,3,5,8H2,(H2,16,19,20,21). The number of urea groups is 1. The van der Waals surface area contributed by atoms with E-state index in [4.69, 9.17) is 0 Å². The van der Waals surface area contributed by atoms with Gasteiger partial charge in [-0.1, -0.05) is 17.8 Å². The summed E-state index contributed by atoms with van der Waals surface area (Å²) in [4.78, 5) is 33.1. The van der Waals surface area contributed by atoms with Crippen molar-refractivity contribution in [3.05, 3.63) is 40.2 Å². The Morgan fingerprint density at radius 2 is 2.08 bits per heavy atom.